The van der Waals surface area contributed by atoms with E-state index in [1.807, 2.05) is 48.7 Å². The zero-order valence-corrected chi connectivity index (χ0v) is 15.8. The van der Waals surface area contributed by atoms with Crippen molar-refractivity contribution in [2.24, 2.45) is 0 Å². The number of non-ortho nitro benzene ring substituents is 1. The number of pyridine rings is 1. The van der Waals surface area contributed by atoms with Crippen LogP contribution >= 0.6 is 0 Å². The maximum atomic E-state index is 12.5. The number of allylic oxidation sites excluding steroid dienone is 1. The molecule has 146 valence electrons. The topological polar surface area (TPSA) is 90.9 Å². The predicted octanol–water partition coefficient (Wildman–Crippen LogP) is 4.74. The van der Waals surface area contributed by atoms with E-state index in [2.05, 4.69) is 10.1 Å². The SMILES string of the molecule is O=C(/C=C\c1cn(-c2ccccc2)nc1-c1cccnc1)c1ccc([N+](=O)[O-])cc1. The highest BCUT2D eigenvalue weighted by Gasteiger charge is 2.12. The molecule has 0 saturated heterocycles. The van der Waals surface area contributed by atoms with E-state index in [1.54, 1.807) is 23.2 Å². The number of nitro groups is 1. The molecule has 0 fully saturated rings. The Morgan fingerprint density at radius 1 is 1.00 bits per heavy atom. The van der Waals surface area contributed by atoms with Crippen LogP contribution in [0, 0.1) is 10.1 Å². The summed E-state index contributed by atoms with van der Waals surface area (Å²) in [5.41, 5.74) is 3.48. The van der Waals surface area contributed by atoms with Gasteiger partial charge in [0.15, 0.2) is 5.78 Å². The van der Waals surface area contributed by atoms with E-state index in [9.17, 15) is 14.9 Å². The van der Waals surface area contributed by atoms with Crippen LogP contribution in [0.3, 0.4) is 0 Å². The molecule has 0 saturated carbocycles. The van der Waals surface area contributed by atoms with Crippen molar-refractivity contribution >= 4 is 17.5 Å². The molecule has 7 nitrogen and oxygen atoms in total. The first-order valence-electron chi connectivity index (χ1n) is 9.14. The van der Waals surface area contributed by atoms with Gasteiger partial charge in [-0.3, -0.25) is 19.9 Å². The van der Waals surface area contributed by atoms with Crippen LogP contribution < -0.4 is 0 Å². The Morgan fingerprint density at radius 3 is 2.43 bits per heavy atom. The number of rotatable bonds is 6. The van der Waals surface area contributed by atoms with Crippen molar-refractivity contribution in [1.82, 2.24) is 14.8 Å². The number of aromatic nitrogens is 3. The van der Waals surface area contributed by atoms with E-state index in [4.69, 9.17) is 0 Å². The molecule has 4 aromatic rings. The first kappa shape index (κ1) is 18.9. The van der Waals surface area contributed by atoms with Gasteiger partial charge in [-0.05, 0) is 48.6 Å². The average molecular weight is 396 g/mol. The monoisotopic (exact) mass is 396 g/mol. The molecule has 0 amide bonds. The van der Waals surface area contributed by atoms with Crippen LogP contribution in [0.5, 0.6) is 0 Å². The van der Waals surface area contributed by atoms with E-state index in [0.29, 0.717) is 11.3 Å². The van der Waals surface area contributed by atoms with Crippen molar-refractivity contribution < 1.29 is 9.72 Å². The second-order valence-electron chi connectivity index (χ2n) is 6.46. The first-order chi connectivity index (χ1) is 14.6. The Balaban J connectivity index is 1.67. The largest absolute Gasteiger partial charge is 0.289 e. The lowest BCUT2D eigenvalue weighted by atomic mass is 10.1. The van der Waals surface area contributed by atoms with Gasteiger partial charge >= 0.3 is 0 Å². The number of carbonyl (C=O) groups excluding carboxylic acids is 1. The van der Waals surface area contributed by atoms with Crippen LogP contribution in [0.1, 0.15) is 15.9 Å². The maximum absolute atomic E-state index is 12.5. The number of ketones is 1. The number of benzene rings is 2. The van der Waals surface area contributed by atoms with Gasteiger partial charge in [-0.25, -0.2) is 4.68 Å². The highest BCUT2D eigenvalue weighted by Crippen LogP contribution is 2.24. The molecule has 0 spiro atoms. The molecular weight excluding hydrogens is 380 g/mol. The first-order valence-corrected chi connectivity index (χ1v) is 9.14. The van der Waals surface area contributed by atoms with Crippen LogP contribution in [0.15, 0.2) is 91.4 Å². The van der Waals surface area contributed by atoms with Crippen molar-refractivity contribution in [2.45, 2.75) is 0 Å². The second kappa shape index (κ2) is 8.32. The number of para-hydroxylation sites is 1. The number of hydrogen-bond donors (Lipinski definition) is 0. The zero-order chi connectivity index (χ0) is 20.9. The molecule has 0 atom stereocenters. The minimum atomic E-state index is -0.498. The summed E-state index contributed by atoms with van der Waals surface area (Å²) in [4.78, 5) is 27.0. The van der Waals surface area contributed by atoms with E-state index >= 15 is 0 Å². The Hall–Kier alpha value is -4.39. The second-order valence-corrected chi connectivity index (χ2v) is 6.46. The van der Waals surface area contributed by atoms with Crippen molar-refractivity contribution in [3.8, 4) is 16.9 Å². The van der Waals surface area contributed by atoms with Gasteiger partial charge in [0, 0.05) is 47.4 Å². The molecule has 0 aliphatic rings. The summed E-state index contributed by atoms with van der Waals surface area (Å²) in [6.07, 6.45) is 8.38. The molecule has 0 aliphatic heterocycles. The molecule has 30 heavy (non-hydrogen) atoms. The third kappa shape index (κ3) is 4.05. The molecule has 0 radical (unpaired) electrons. The van der Waals surface area contributed by atoms with Crippen LogP contribution in [-0.2, 0) is 0 Å². The van der Waals surface area contributed by atoms with Gasteiger partial charge < -0.3 is 0 Å². The summed E-state index contributed by atoms with van der Waals surface area (Å²) in [5.74, 6) is -0.255. The van der Waals surface area contributed by atoms with E-state index < -0.39 is 4.92 Å². The summed E-state index contributed by atoms with van der Waals surface area (Å²) in [5, 5.41) is 15.4. The lowest BCUT2D eigenvalue weighted by molar-refractivity contribution is -0.384. The number of carbonyl (C=O) groups is 1. The summed E-state index contributed by atoms with van der Waals surface area (Å²) >= 11 is 0. The smallest absolute Gasteiger partial charge is 0.269 e. The minimum Gasteiger partial charge on any atom is -0.289 e. The van der Waals surface area contributed by atoms with Crippen molar-refractivity contribution in [3.63, 3.8) is 0 Å². The van der Waals surface area contributed by atoms with Gasteiger partial charge in [0.1, 0.15) is 5.69 Å². The maximum Gasteiger partial charge on any atom is 0.269 e. The lowest BCUT2D eigenvalue weighted by Crippen LogP contribution is -1.95. The molecule has 4 rings (SSSR count). The van der Waals surface area contributed by atoms with Crippen LogP contribution in [0.4, 0.5) is 5.69 Å². The Kier molecular flexibility index (Phi) is 5.25. The standard InChI is InChI=1S/C23H16N4O3/c28-22(17-8-11-21(12-9-17)27(29)30)13-10-19-16-26(20-6-2-1-3-7-20)25-23(19)18-5-4-14-24-15-18/h1-16H/b13-10-. The molecular formula is C23H16N4O3. The van der Waals surface area contributed by atoms with Crippen LogP contribution in [-0.4, -0.2) is 25.5 Å². The highest BCUT2D eigenvalue weighted by atomic mass is 16.6. The molecule has 0 N–H and O–H groups in total. The molecule has 7 heteroatoms. The number of nitro benzene ring substituents is 1. The molecule has 2 aromatic heterocycles. The molecule has 2 heterocycles. The van der Waals surface area contributed by atoms with Crippen LogP contribution in [0.25, 0.3) is 23.0 Å². The molecule has 0 aliphatic carbocycles. The summed E-state index contributed by atoms with van der Waals surface area (Å²) < 4.78 is 1.75. The van der Waals surface area contributed by atoms with E-state index in [0.717, 1.165) is 16.8 Å². The van der Waals surface area contributed by atoms with E-state index in [-0.39, 0.29) is 11.5 Å². The summed E-state index contributed by atoms with van der Waals surface area (Å²) in [7, 11) is 0. The number of nitrogens with zero attached hydrogens (tertiary/aromatic N) is 4. The minimum absolute atomic E-state index is 0.0569. The fourth-order valence-corrected chi connectivity index (χ4v) is 2.96. The van der Waals surface area contributed by atoms with Crippen molar-refractivity contribution in [3.05, 3.63) is 113 Å². The van der Waals surface area contributed by atoms with E-state index in [1.165, 1.54) is 30.3 Å². The Bertz CT molecular complexity index is 1210. The van der Waals surface area contributed by atoms with Gasteiger partial charge in [0.2, 0.25) is 0 Å². The van der Waals surface area contributed by atoms with Crippen molar-refractivity contribution in [1.29, 1.82) is 0 Å². The van der Waals surface area contributed by atoms with Gasteiger partial charge in [-0.1, -0.05) is 18.2 Å². The van der Waals surface area contributed by atoms with Gasteiger partial charge in [0.25, 0.3) is 5.69 Å². The zero-order valence-electron chi connectivity index (χ0n) is 15.8. The highest BCUT2D eigenvalue weighted by molar-refractivity contribution is 6.07. The van der Waals surface area contributed by atoms with Gasteiger partial charge in [-0.2, -0.15) is 5.10 Å². The van der Waals surface area contributed by atoms with Crippen molar-refractivity contribution in [2.75, 3.05) is 0 Å². The molecule has 0 unspecified atom stereocenters. The number of hydrogen-bond acceptors (Lipinski definition) is 5. The normalized spacial score (nSPS) is 10.9. The Labute approximate surface area is 172 Å². The molecule has 2 aromatic carbocycles. The predicted molar refractivity (Wildman–Crippen MR) is 113 cm³/mol. The summed E-state index contributed by atoms with van der Waals surface area (Å²) in [6.45, 7) is 0. The third-order valence-corrected chi connectivity index (χ3v) is 4.48. The van der Waals surface area contributed by atoms with Crippen LogP contribution in [0.2, 0.25) is 0 Å². The molecule has 0 bridgehead atoms. The Morgan fingerprint density at radius 2 is 1.77 bits per heavy atom. The quantitative estimate of drug-likeness (QED) is 0.203. The average Bonchev–Trinajstić information content (AvgIpc) is 3.23. The van der Waals surface area contributed by atoms with Gasteiger partial charge in [0.05, 0.1) is 10.6 Å². The fourth-order valence-electron chi connectivity index (χ4n) is 2.96. The van der Waals surface area contributed by atoms with Gasteiger partial charge in [-0.15, -0.1) is 0 Å². The fraction of sp³-hybridized carbons (Fsp3) is 0. The summed E-state index contributed by atoms with van der Waals surface area (Å²) in [6, 6.07) is 18.9. The third-order valence-electron chi connectivity index (χ3n) is 4.48. The lowest BCUT2D eigenvalue weighted by Gasteiger charge is -2.00.